The lowest BCUT2D eigenvalue weighted by molar-refractivity contribution is -0.122. The summed E-state index contributed by atoms with van der Waals surface area (Å²) in [5, 5.41) is 8.79. The second-order valence-electron chi connectivity index (χ2n) is 8.34. The third kappa shape index (κ3) is 5.64. The van der Waals surface area contributed by atoms with Crippen LogP contribution in [0.15, 0.2) is 35.7 Å². The molecule has 0 saturated carbocycles. The Morgan fingerprint density at radius 1 is 1.10 bits per heavy atom. The van der Waals surface area contributed by atoms with Crippen molar-refractivity contribution in [3.63, 3.8) is 0 Å². The van der Waals surface area contributed by atoms with Gasteiger partial charge in [-0.1, -0.05) is 34.8 Å². The molecule has 1 unspecified atom stereocenters. The van der Waals surface area contributed by atoms with E-state index in [1.54, 1.807) is 5.38 Å². The molecule has 8 heteroatoms. The van der Waals surface area contributed by atoms with Crippen LogP contribution in [0.25, 0.3) is 0 Å². The highest BCUT2D eigenvalue weighted by Gasteiger charge is 2.27. The maximum absolute atomic E-state index is 12.4. The highest BCUT2D eigenvalue weighted by molar-refractivity contribution is 7.03. The van der Waals surface area contributed by atoms with Gasteiger partial charge in [0.2, 0.25) is 5.91 Å². The number of nitrogens with zero attached hydrogens (tertiary/aromatic N) is 4. The summed E-state index contributed by atoms with van der Waals surface area (Å²) in [5.41, 5.74) is 1.76. The van der Waals surface area contributed by atoms with Crippen molar-refractivity contribution in [3.05, 3.63) is 47.0 Å². The van der Waals surface area contributed by atoms with Gasteiger partial charge in [0.05, 0.1) is 0 Å². The summed E-state index contributed by atoms with van der Waals surface area (Å²) in [5.74, 6) is 0.640. The molecule has 1 N–H and O–H groups in total. The standard InChI is InChI=1S/C22H29N5O2S/c28-21(23-19-10-11-26(15-19)14-18-4-2-1-3-5-18)7-6-17-8-12-27(13-9-17)22(29)20-16-30-25-24-20/h1-5,16-17,19H,6-15H2,(H,23,28). The number of benzene rings is 1. The molecule has 0 radical (unpaired) electrons. The molecule has 2 saturated heterocycles. The van der Waals surface area contributed by atoms with Crippen LogP contribution in [-0.4, -0.2) is 63.4 Å². The van der Waals surface area contributed by atoms with Crippen molar-refractivity contribution < 1.29 is 9.59 Å². The summed E-state index contributed by atoms with van der Waals surface area (Å²) < 4.78 is 3.77. The molecule has 0 spiro atoms. The van der Waals surface area contributed by atoms with E-state index in [1.165, 1.54) is 17.1 Å². The zero-order valence-corrected chi connectivity index (χ0v) is 18.0. The largest absolute Gasteiger partial charge is 0.352 e. The van der Waals surface area contributed by atoms with Crippen molar-refractivity contribution >= 4 is 23.3 Å². The Morgan fingerprint density at radius 2 is 1.90 bits per heavy atom. The molecule has 4 rings (SSSR count). The average molecular weight is 428 g/mol. The summed E-state index contributed by atoms with van der Waals surface area (Å²) in [6.45, 7) is 4.37. The zero-order chi connectivity index (χ0) is 20.8. The lowest BCUT2D eigenvalue weighted by atomic mass is 9.92. The Bertz CT molecular complexity index is 821. The first-order valence-corrected chi connectivity index (χ1v) is 11.6. The topological polar surface area (TPSA) is 78.4 Å². The second-order valence-corrected chi connectivity index (χ2v) is 8.95. The third-order valence-corrected chi connectivity index (χ3v) is 6.65. The van der Waals surface area contributed by atoms with E-state index in [4.69, 9.17) is 0 Å². The first-order valence-electron chi connectivity index (χ1n) is 10.8. The van der Waals surface area contributed by atoms with Gasteiger partial charge in [-0.05, 0) is 48.7 Å². The van der Waals surface area contributed by atoms with Crippen molar-refractivity contribution in [2.75, 3.05) is 26.2 Å². The Hall–Kier alpha value is -2.32. The van der Waals surface area contributed by atoms with Gasteiger partial charge >= 0.3 is 0 Å². The average Bonchev–Trinajstić information content (AvgIpc) is 3.45. The molecule has 1 atom stereocenters. The molecular formula is C22H29N5O2S. The van der Waals surface area contributed by atoms with E-state index in [0.29, 0.717) is 18.0 Å². The predicted molar refractivity (Wildman–Crippen MR) is 116 cm³/mol. The molecule has 0 bridgehead atoms. The molecule has 0 aliphatic carbocycles. The molecule has 1 aromatic heterocycles. The van der Waals surface area contributed by atoms with Gasteiger partial charge in [-0.25, -0.2) is 0 Å². The van der Waals surface area contributed by atoms with Crippen LogP contribution < -0.4 is 5.32 Å². The molecular weight excluding hydrogens is 398 g/mol. The van der Waals surface area contributed by atoms with Gasteiger partial charge in [0.25, 0.3) is 5.91 Å². The van der Waals surface area contributed by atoms with E-state index in [9.17, 15) is 9.59 Å². The third-order valence-electron chi connectivity index (χ3n) is 6.15. The quantitative estimate of drug-likeness (QED) is 0.735. The maximum Gasteiger partial charge on any atom is 0.275 e. The van der Waals surface area contributed by atoms with Crippen LogP contribution in [0.3, 0.4) is 0 Å². The number of amides is 2. The lowest BCUT2D eigenvalue weighted by Crippen LogP contribution is -2.39. The molecule has 1 aromatic carbocycles. The Morgan fingerprint density at radius 3 is 2.63 bits per heavy atom. The van der Waals surface area contributed by atoms with Crippen molar-refractivity contribution in [1.29, 1.82) is 0 Å². The van der Waals surface area contributed by atoms with Crippen LogP contribution >= 0.6 is 11.5 Å². The summed E-state index contributed by atoms with van der Waals surface area (Å²) in [6.07, 6.45) is 4.39. The van der Waals surface area contributed by atoms with Gasteiger partial charge in [-0.15, -0.1) is 5.10 Å². The zero-order valence-electron chi connectivity index (χ0n) is 17.2. The molecule has 7 nitrogen and oxygen atoms in total. The fourth-order valence-corrected chi connectivity index (χ4v) is 4.85. The van der Waals surface area contributed by atoms with Crippen LogP contribution in [0.1, 0.15) is 48.2 Å². The van der Waals surface area contributed by atoms with Crippen LogP contribution in [-0.2, 0) is 11.3 Å². The number of hydrogen-bond acceptors (Lipinski definition) is 6. The molecule has 3 heterocycles. The summed E-state index contributed by atoms with van der Waals surface area (Å²) in [4.78, 5) is 29.0. The van der Waals surface area contributed by atoms with E-state index < -0.39 is 0 Å². The number of carbonyl (C=O) groups excluding carboxylic acids is 2. The smallest absolute Gasteiger partial charge is 0.275 e. The molecule has 2 aliphatic heterocycles. The number of aromatic nitrogens is 2. The number of hydrogen-bond donors (Lipinski definition) is 1. The number of piperidine rings is 1. The highest BCUT2D eigenvalue weighted by atomic mass is 32.1. The summed E-state index contributed by atoms with van der Waals surface area (Å²) in [6, 6.07) is 10.7. The van der Waals surface area contributed by atoms with Gasteiger partial charge in [-0.3, -0.25) is 14.5 Å². The second kappa shape index (κ2) is 10.1. The maximum atomic E-state index is 12.4. The molecule has 2 amide bonds. The predicted octanol–water partition coefficient (Wildman–Crippen LogP) is 2.56. The first-order chi connectivity index (χ1) is 14.7. The van der Waals surface area contributed by atoms with Gasteiger partial charge < -0.3 is 10.2 Å². The van der Waals surface area contributed by atoms with E-state index in [0.717, 1.165) is 58.4 Å². The highest BCUT2D eigenvalue weighted by Crippen LogP contribution is 2.23. The Labute approximate surface area is 181 Å². The van der Waals surface area contributed by atoms with Gasteiger partial charge in [0, 0.05) is 50.6 Å². The van der Waals surface area contributed by atoms with Crippen molar-refractivity contribution in [1.82, 2.24) is 24.7 Å². The molecule has 160 valence electrons. The Balaban J connectivity index is 1.13. The fourth-order valence-electron chi connectivity index (χ4n) is 4.42. The van der Waals surface area contributed by atoms with Crippen LogP contribution in [0.2, 0.25) is 0 Å². The number of carbonyl (C=O) groups is 2. The summed E-state index contributed by atoms with van der Waals surface area (Å²) in [7, 11) is 0. The Kier molecular flexibility index (Phi) is 7.07. The van der Waals surface area contributed by atoms with Gasteiger partial charge in [0.1, 0.15) is 0 Å². The minimum absolute atomic E-state index is 0.0266. The van der Waals surface area contributed by atoms with Crippen LogP contribution in [0, 0.1) is 5.92 Å². The summed E-state index contributed by atoms with van der Waals surface area (Å²) >= 11 is 1.20. The number of likely N-dealkylation sites (tertiary alicyclic amines) is 2. The van der Waals surface area contributed by atoms with E-state index in [1.807, 2.05) is 11.0 Å². The van der Waals surface area contributed by atoms with E-state index >= 15 is 0 Å². The van der Waals surface area contributed by atoms with E-state index in [2.05, 4.69) is 44.1 Å². The number of rotatable bonds is 7. The lowest BCUT2D eigenvalue weighted by Gasteiger charge is -2.31. The molecule has 2 aromatic rings. The minimum atomic E-state index is -0.0266. The van der Waals surface area contributed by atoms with Crippen LogP contribution in [0.5, 0.6) is 0 Å². The van der Waals surface area contributed by atoms with Crippen molar-refractivity contribution in [3.8, 4) is 0 Å². The monoisotopic (exact) mass is 427 g/mol. The van der Waals surface area contributed by atoms with Crippen molar-refractivity contribution in [2.45, 2.75) is 44.7 Å². The first kappa shape index (κ1) is 20.9. The molecule has 2 fully saturated rings. The van der Waals surface area contributed by atoms with Gasteiger partial charge in [0.15, 0.2) is 5.69 Å². The number of nitrogens with one attached hydrogen (secondary N) is 1. The van der Waals surface area contributed by atoms with Crippen molar-refractivity contribution in [2.24, 2.45) is 5.92 Å². The SMILES string of the molecule is O=C(CCC1CCN(C(=O)c2csnn2)CC1)NC1CCN(Cc2ccccc2)C1. The molecule has 2 aliphatic rings. The van der Waals surface area contributed by atoms with E-state index in [-0.39, 0.29) is 17.9 Å². The normalized spacial score (nSPS) is 20.4. The minimum Gasteiger partial charge on any atom is -0.352 e. The van der Waals surface area contributed by atoms with Gasteiger partial charge in [-0.2, -0.15) is 0 Å². The van der Waals surface area contributed by atoms with Crippen LogP contribution in [0.4, 0.5) is 0 Å². The molecule has 30 heavy (non-hydrogen) atoms. The fraction of sp³-hybridized carbons (Fsp3) is 0.545.